The third kappa shape index (κ3) is 5.89. The molecular formula is C24H26FN3OS. The van der Waals surface area contributed by atoms with E-state index < -0.39 is 0 Å². The number of carbonyl (C=O) groups is 1. The van der Waals surface area contributed by atoms with Gasteiger partial charge < -0.3 is 4.90 Å². The van der Waals surface area contributed by atoms with Crippen LogP contribution >= 0.6 is 11.8 Å². The Morgan fingerprint density at radius 3 is 2.13 bits per heavy atom. The minimum absolute atomic E-state index is 0.0974. The van der Waals surface area contributed by atoms with E-state index in [0.29, 0.717) is 5.69 Å². The Morgan fingerprint density at radius 1 is 0.900 bits per heavy atom. The second kappa shape index (κ2) is 10.9. The summed E-state index contributed by atoms with van der Waals surface area (Å²) in [5.41, 5.74) is 3.40. The molecule has 0 saturated heterocycles. The smallest absolute Gasteiger partial charge is 0.253 e. The second-order valence-electron chi connectivity index (χ2n) is 7.04. The number of hydrogen-bond acceptors (Lipinski definition) is 4. The molecule has 1 amide bonds. The lowest BCUT2D eigenvalue weighted by Gasteiger charge is -2.21. The van der Waals surface area contributed by atoms with Gasteiger partial charge in [-0.15, -0.1) is 10.2 Å². The van der Waals surface area contributed by atoms with Crippen molar-refractivity contribution in [1.29, 1.82) is 0 Å². The van der Waals surface area contributed by atoms with Gasteiger partial charge >= 0.3 is 0 Å². The predicted octanol–water partition coefficient (Wildman–Crippen LogP) is 5.84. The molecular weight excluding hydrogens is 397 g/mol. The quantitative estimate of drug-likeness (QED) is 0.406. The molecule has 0 spiro atoms. The number of thioether (sulfide) groups is 1. The molecule has 0 radical (unpaired) electrons. The first-order valence-electron chi connectivity index (χ1n) is 10.2. The normalized spacial score (nSPS) is 10.8. The summed E-state index contributed by atoms with van der Waals surface area (Å²) >= 11 is 1.59. The molecule has 0 N–H and O–H groups in total. The second-order valence-corrected chi connectivity index (χ2v) is 8.04. The minimum atomic E-state index is -0.268. The lowest BCUT2D eigenvalue weighted by Crippen LogP contribution is -2.32. The Hall–Kier alpha value is -2.73. The summed E-state index contributed by atoms with van der Waals surface area (Å²) in [6, 6.07) is 17.8. The van der Waals surface area contributed by atoms with Crippen molar-refractivity contribution in [3.63, 3.8) is 0 Å². The Labute approximate surface area is 181 Å². The highest BCUT2D eigenvalue weighted by Gasteiger charge is 2.14. The standard InChI is InChI=1S/C24H26FN3OS/c1-3-15-28(16-4-2)24(29)20-7-5-18(6-8-20)17-30-23-14-13-22(26-27-23)19-9-11-21(25)12-10-19/h5-14H,3-4,15-17H2,1-2H3. The molecule has 0 bridgehead atoms. The fourth-order valence-corrected chi connectivity index (χ4v) is 3.88. The summed E-state index contributed by atoms with van der Waals surface area (Å²) in [4.78, 5) is 14.6. The van der Waals surface area contributed by atoms with Crippen LogP contribution in [0.4, 0.5) is 4.39 Å². The molecule has 1 heterocycles. The van der Waals surface area contributed by atoms with Crippen LogP contribution in [0.15, 0.2) is 65.7 Å². The predicted molar refractivity (Wildman–Crippen MR) is 120 cm³/mol. The minimum Gasteiger partial charge on any atom is -0.339 e. The molecule has 30 heavy (non-hydrogen) atoms. The first-order chi connectivity index (χ1) is 14.6. The number of benzene rings is 2. The number of aromatic nitrogens is 2. The van der Waals surface area contributed by atoms with E-state index in [4.69, 9.17) is 0 Å². The number of carbonyl (C=O) groups excluding carboxylic acids is 1. The zero-order valence-electron chi connectivity index (χ0n) is 17.3. The summed E-state index contributed by atoms with van der Waals surface area (Å²) in [5.74, 6) is 0.572. The van der Waals surface area contributed by atoms with Crippen molar-refractivity contribution in [2.24, 2.45) is 0 Å². The molecule has 2 aromatic carbocycles. The van der Waals surface area contributed by atoms with E-state index in [2.05, 4.69) is 24.0 Å². The third-order valence-electron chi connectivity index (χ3n) is 4.64. The van der Waals surface area contributed by atoms with E-state index in [-0.39, 0.29) is 11.7 Å². The first-order valence-corrected chi connectivity index (χ1v) is 11.2. The molecule has 156 valence electrons. The van der Waals surface area contributed by atoms with Crippen LogP contribution in [0.25, 0.3) is 11.3 Å². The lowest BCUT2D eigenvalue weighted by atomic mass is 10.1. The highest BCUT2D eigenvalue weighted by molar-refractivity contribution is 7.98. The van der Waals surface area contributed by atoms with Crippen molar-refractivity contribution in [3.05, 3.63) is 77.6 Å². The van der Waals surface area contributed by atoms with Gasteiger partial charge in [0.05, 0.1) is 5.69 Å². The van der Waals surface area contributed by atoms with Crippen LogP contribution in [0.2, 0.25) is 0 Å². The number of amides is 1. The maximum Gasteiger partial charge on any atom is 0.253 e. The fourth-order valence-electron chi connectivity index (χ4n) is 3.11. The van der Waals surface area contributed by atoms with Crippen LogP contribution in [0.3, 0.4) is 0 Å². The van der Waals surface area contributed by atoms with Gasteiger partial charge in [0, 0.05) is 30.0 Å². The van der Waals surface area contributed by atoms with Gasteiger partial charge in [-0.05, 0) is 66.9 Å². The highest BCUT2D eigenvalue weighted by Crippen LogP contribution is 2.23. The Morgan fingerprint density at radius 2 is 1.57 bits per heavy atom. The molecule has 1 aromatic heterocycles. The molecule has 6 heteroatoms. The van der Waals surface area contributed by atoms with Gasteiger partial charge in [0.25, 0.3) is 5.91 Å². The van der Waals surface area contributed by atoms with Gasteiger partial charge in [-0.1, -0.05) is 37.7 Å². The number of nitrogens with zero attached hydrogens (tertiary/aromatic N) is 3. The fraction of sp³-hybridized carbons (Fsp3) is 0.292. The van der Waals surface area contributed by atoms with E-state index in [1.165, 1.54) is 12.1 Å². The lowest BCUT2D eigenvalue weighted by molar-refractivity contribution is 0.0755. The first kappa shape index (κ1) is 22.0. The van der Waals surface area contributed by atoms with E-state index in [0.717, 1.165) is 53.4 Å². The van der Waals surface area contributed by atoms with Crippen molar-refractivity contribution in [3.8, 4) is 11.3 Å². The van der Waals surface area contributed by atoms with Crippen LogP contribution in [0.1, 0.15) is 42.6 Å². The van der Waals surface area contributed by atoms with Crippen LogP contribution in [-0.2, 0) is 5.75 Å². The molecule has 4 nitrogen and oxygen atoms in total. The van der Waals surface area contributed by atoms with Gasteiger partial charge in [0.15, 0.2) is 0 Å². The number of halogens is 1. The number of rotatable bonds is 9. The number of hydrogen-bond donors (Lipinski definition) is 0. The van der Waals surface area contributed by atoms with Crippen molar-refractivity contribution >= 4 is 17.7 Å². The van der Waals surface area contributed by atoms with Crippen molar-refractivity contribution in [1.82, 2.24) is 15.1 Å². The molecule has 3 rings (SSSR count). The molecule has 0 aliphatic carbocycles. The maximum absolute atomic E-state index is 13.0. The van der Waals surface area contributed by atoms with E-state index in [1.807, 2.05) is 41.3 Å². The topological polar surface area (TPSA) is 46.1 Å². The van der Waals surface area contributed by atoms with Gasteiger partial charge in [-0.3, -0.25) is 4.79 Å². The van der Waals surface area contributed by atoms with Gasteiger partial charge in [-0.2, -0.15) is 0 Å². The molecule has 0 aliphatic heterocycles. The van der Waals surface area contributed by atoms with E-state index >= 15 is 0 Å². The molecule has 0 unspecified atom stereocenters. The van der Waals surface area contributed by atoms with Crippen LogP contribution in [0, 0.1) is 5.82 Å². The van der Waals surface area contributed by atoms with Crippen LogP contribution < -0.4 is 0 Å². The van der Waals surface area contributed by atoms with E-state index in [1.54, 1.807) is 23.9 Å². The summed E-state index contributed by atoms with van der Waals surface area (Å²) in [6.07, 6.45) is 1.92. The SMILES string of the molecule is CCCN(CCC)C(=O)c1ccc(CSc2ccc(-c3ccc(F)cc3)nn2)cc1. The average Bonchev–Trinajstić information content (AvgIpc) is 2.78. The summed E-state index contributed by atoms with van der Waals surface area (Å²) in [5, 5.41) is 9.32. The molecule has 0 fully saturated rings. The highest BCUT2D eigenvalue weighted by atomic mass is 32.2. The monoisotopic (exact) mass is 423 g/mol. The van der Waals surface area contributed by atoms with Crippen LogP contribution in [0.5, 0.6) is 0 Å². The maximum atomic E-state index is 13.0. The van der Waals surface area contributed by atoms with Crippen LogP contribution in [-0.4, -0.2) is 34.1 Å². The summed E-state index contributed by atoms with van der Waals surface area (Å²) in [7, 11) is 0. The van der Waals surface area contributed by atoms with Crippen molar-refractivity contribution in [2.45, 2.75) is 37.5 Å². The summed E-state index contributed by atoms with van der Waals surface area (Å²) < 4.78 is 13.0. The van der Waals surface area contributed by atoms with E-state index in [9.17, 15) is 9.18 Å². The third-order valence-corrected chi connectivity index (χ3v) is 5.63. The van der Waals surface area contributed by atoms with Gasteiger partial charge in [-0.25, -0.2) is 4.39 Å². The zero-order chi connectivity index (χ0) is 21.3. The van der Waals surface area contributed by atoms with Gasteiger partial charge in [0.1, 0.15) is 10.8 Å². The Bertz CT molecular complexity index is 938. The van der Waals surface area contributed by atoms with Gasteiger partial charge in [0.2, 0.25) is 0 Å². The Kier molecular flexibility index (Phi) is 7.97. The molecule has 0 atom stereocenters. The molecule has 0 saturated carbocycles. The van der Waals surface area contributed by atoms with Crippen molar-refractivity contribution in [2.75, 3.05) is 13.1 Å². The van der Waals surface area contributed by atoms with Crippen molar-refractivity contribution < 1.29 is 9.18 Å². The molecule has 3 aromatic rings. The largest absolute Gasteiger partial charge is 0.339 e. The summed E-state index contributed by atoms with van der Waals surface area (Å²) in [6.45, 7) is 5.75. The molecule has 0 aliphatic rings. The average molecular weight is 424 g/mol. The zero-order valence-corrected chi connectivity index (χ0v) is 18.2. The Balaban J connectivity index is 1.58.